The van der Waals surface area contributed by atoms with Crippen LogP contribution in [-0.4, -0.2) is 59.9 Å². The molecule has 2 rings (SSSR count). The Morgan fingerprint density at radius 1 is 1.32 bits per heavy atom. The molecule has 0 saturated carbocycles. The average Bonchev–Trinajstić information content (AvgIpc) is 2.92. The van der Waals surface area contributed by atoms with E-state index in [1.165, 1.54) is 13.0 Å². The highest BCUT2D eigenvalue weighted by Crippen LogP contribution is 2.34. The smallest absolute Gasteiger partial charge is 0.416 e. The van der Waals surface area contributed by atoms with Crippen molar-refractivity contribution in [3.8, 4) is 6.07 Å². The van der Waals surface area contributed by atoms with Crippen LogP contribution in [0.4, 0.5) is 18.9 Å². The number of hydrogen-bond donors (Lipinski definition) is 2. The van der Waals surface area contributed by atoms with Crippen LogP contribution in [0.3, 0.4) is 0 Å². The van der Waals surface area contributed by atoms with Crippen molar-refractivity contribution < 1.29 is 27.4 Å². The molecule has 2 heterocycles. The molecule has 1 fully saturated rings. The minimum absolute atomic E-state index is 0.208. The minimum atomic E-state index is -4.71. The van der Waals surface area contributed by atoms with Gasteiger partial charge < -0.3 is 20.0 Å². The van der Waals surface area contributed by atoms with Crippen molar-refractivity contribution in [2.45, 2.75) is 90.8 Å². The zero-order valence-electron chi connectivity index (χ0n) is 26.6. The van der Waals surface area contributed by atoms with Gasteiger partial charge in [-0.25, -0.2) is 4.98 Å². The lowest BCUT2D eigenvalue weighted by Gasteiger charge is -2.39. The second kappa shape index (κ2) is 15.2. The molecule has 1 aliphatic heterocycles. The number of amidine groups is 1. The van der Waals surface area contributed by atoms with Crippen molar-refractivity contribution >= 4 is 43.0 Å². The second-order valence-electron chi connectivity index (χ2n) is 11.6. The van der Waals surface area contributed by atoms with E-state index in [2.05, 4.69) is 28.7 Å². The fourth-order valence-electron chi connectivity index (χ4n) is 4.48. The van der Waals surface area contributed by atoms with Gasteiger partial charge in [-0.05, 0) is 91.9 Å². The first-order chi connectivity index (χ1) is 20.4. The number of carbonyl (C=O) groups is 1. The van der Waals surface area contributed by atoms with Gasteiger partial charge in [-0.1, -0.05) is 6.08 Å². The highest BCUT2D eigenvalue weighted by molar-refractivity contribution is 7.81. The molecule has 0 aliphatic carbocycles. The summed E-state index contributed by atoms with van der Waals surface area (Å²) in [5.74, 6) is -1.32. The normalized spacial score (nSPS) is 19.5. The molecular formula is C31H42BF3N5O3S. The second-order valence-corrected chi connectivity index (χ2v) is 12.8. The van der Waals surface area contributed by atoms with Gasteiger partial charge in [-0.15, -0.1) is 0 Å². The average molecular weight is 633 g/mol. The monoisotopic (exact) mass is 632 g/mol. The van der Waals surface area contributed by atoms with Gasteiger partial charge in [0.2, 0.25) is 0 Å². The molecule has 8 nitrogen and oxygen atoms in total. The Kier molecular flexibility index (Phi) is 12.7. The van der Waals surface area contributed by atoms with Crippen LogP contribution in [0.1, 0.15) is 73.9 Å². The number of halogens is 3. The van der Waals surface area contributed by atoms with Gasteiger partial charge in [0.1, 0.15) is 11.9 Å². The van der Waals surface area contributed by atoms with E-state index in [1.807, 2.05) is 45.6 Å². The molecule has 1 aromatic rings. The zero-order valence-corrected chi connectivity index (χ0v) is 27.5. The summed E-state index contributed by atoms with van der Waals surface area (Å²) in [6.07, 6.45) is 0.962. The van der Waals surface area contributed by atoms with Gasteiger partial charge >= 0.3 is 13.7 Å². The Hall–Kier alpha value is -3.24. The highest BCUT2D eigenvalue weighted by atomic mass is 32.1. The fourth-order valence-corrected chi connectivity index (χ4v) is 4.54. The number of aliphatic imine (C=N–C) groups is 1. The number of nitrogens with zero attached hydrogens (tertiary/aromatic N) is 4. The lowest BCUT2D eigenvalue weighted by molar-refractivity contribution is -0.122. The number of carbonyl (C=O) groups excluding carboxylic acids is 1. The zero-order chi connectivity index (χ0) is 33.5. The van der Waals surface area contributed by atoms with Crippen LogP contribution in [0.5, 0.6) is 0 Å². The maximum atomic E-state index is 13.8. The number of rotatable bonds is 11. The predicted octanol–water partition coefficient (Wildman–Crippen LogP) is 5.57. The van der Waals surface area contributed by atoms with E-state index in [-0.39, 0.29) is 11.7 Å². The Labute approximate surface area is 265 Å². The molecule has 1 aromatic heterocycles. The maximum absolute atomic E-state index is 13.8. The van der Waals surface area contributed by atoms with Crippen LogP contribution >= 0.6 is 12.6 Å². The summed E-state index contributed by atoms with van der Waals surface area (Å²) in [7, 11) is 1.59. The first kappa shape index (κ1) is 37.0. The first-order valence-electron chi connectivity index (χ1n) is 14.4. The number of nitriles is 1. The molecule has 1 aliphatic rings. The van der Waals surface area contributed by atoms with E-state index in [9.17, 15) is 23.2 Å². The van der Waals surface area contributed by atoms with E-state index in [4.69, 9.17) is 15.1 Å². The molecule has 1 radical (unpaired) electrons. The Bertz CT molecular complexity index is 1360. The maximum Gasteiger partial charge on any atom is 0.416 e. The minimum Gasteiger partial charge on any atom is -0.499 e. The van der Waals surface area contributed by atoms with E-state index in [0.717, 1.165) is 12.2 Å². The molecule has 2 N–H and O–H groups in total. The summed E-state index contributed by atoms with van der Waals surface area (Å²) in [5.41, 5.74) is 5.49. The molecule has 0 aromatic carbocycles. The number of allylic oxidation sites excluding steroid dienone is 4. The van der Waals surface area contributed by atoms with Gasteiger partial charge in [0.15, 0.2) is 5.69 Å². The Balaban J connectivity index is 2.29. The third-order valence-corrected chi connectivity index (χ3v) is 8.28. The van der Waals surface area contributed by atoms with Crippen LogP contribution in [-0.2, 0) is 14.2 Å². The largest absolute Gasteiger partial charge is 0.499 e. The summed E-state index contributed by atoms with van der Waals surface area (Å²) in [4.78, 5) is 23.4. The highest BCUT2D eigenvalue weighted by Gasteiger charge is 2.38. The first-order valence-corrected chi connectivity index (χ1v) is 14.8. The fraction of sp³-hybridized carbons (Fsp3) is 0.548. The van der Waals surface area contributed by atoms with Crippen molar-refractivity contribution in [3.05, 3.63) is 53.1 Å². The molecule has 13 heteroatoms. The van der Waals surface area contributed by atoms with E-state index < -0.39 is 45.3 Å². The topological polar surface area (TPSA) is 114 Å². The standard InChI is InChI=1S/C31H42BF3N5O3S/c1-9-24(31(33,34)35)23(12-11-20(4)42-10-2)27(37)39-28(41)21-13-14-40(19(3)15-21)26-16-22(18-38-25(26)17-36)32-43-29(5,6)30(7,8)44/h9,11-12,16,18-19,21,44H,10,13-15H2,1-8H3,(H2,37,39,41)/b20-11+,23-12+,24-9+. The molecule has 1 amide bonds. The molecule has 2 atom stereocenters. The number of ether oxygens (including phenoxy) is 1. The lowest BCUT2D eigenvalue weighted by atomic mass is 9.84. The van der Waals surface area contributed by atoms with Crippen LogP contribution in [0.15, 0.2) is 52.4 Å². The lowest BCUT2D eigenvalue weighted by Crippen LogP contribution is -2.46. The number of piperidine rings is 1. The Morgan fingerprint density at radius 3 is 2.50 bits per heavy atom. The number of anilines is 1. The number of aromatic nitrogens is 1. The summed E-state index contributed by atoms with van der Waals surface area (Å²) in [5, 5.41) is 9.74. The molecule has 44 heavy (non-hydrogen) atoms. The SMILES string of the molecule is C\C=C(/C(=C\C=C(/C)OCC)C(N)=NC(=O)C1CCN(c2cc([B]OC(C)(C)C(C)(C)S)cnc2C#N)C(C)C1)C(F)(F)F. The van der Waals surface area contributed by atoms with E-state index >= 15 is 0 Å². The van der Waals surface area contributed by atoms with Crippen molar-refractivity contribution in [2.24, 2.45) is 16.6 Å². The molecule has 239 valence electrons. The number of nitrogens with two attached hydrogens (primary N) is 1. The van der Waals surface area contributed by atoms with Crippen molar-refractivity contribution in [3.63, 3.8) is 0 Å². The van der Waals surface area contributed by atoms with Crippen molar-refractivity contribution in [1.29, 1.82) is 5.26 Å². The molecular weight excluding hydrogens is 590 g/mol. The van der Waals surface area contributed by atoms with Crippen LogP contribution < -0.4 is 16.1 Å². The predicted molar refractivity (Wildman–Crippen MR) is 172 cm³/mol. The van der Waals surface area contributed by atoms with Gasteiger partial charge in [0, 0.05) is 35.0 Å². The summed E-state index contributed by atoms with van der Waals surface area (Å²) >= 11 is 4.62. The number of amides is 1. The summed E-state index contributed by atoms with van der Waals surface area (Å²) in [6.45, 7) is 15.0. The van der Waals surface area contributed by atoms with Gasteiger partial charge in [-0.3, -0.25) is 4.79 Å². The molecule has 0 bridgehead atoms. The molecule has 1 saturated heterocycles. The van der Waals surface area contributed by atoms with E-state index in [1.54, 1.807) is 27.5 Å². The van der Waals surface area contributed by atoms with Gasteiger partial charge in [0.25, 0.3) is 5.91 Å². The number of thiol groups is 1. The third-order valence-electron chi connectivity index (χ3n) is 7.74. The van der Waals surface area contributed by atoms with Gasteiger partial charge in [0.05, 0.1) is 29.2 Å². The van der Waals surface area contributed by atoms with Crippen molar-refractivity contribution in [2.75, 3.05) is 18.1 Å². The van der Waals surface area contributed by atoms with Crippen LogP contribution in [0.25, 0.3) is 0 Å². The Morgan fingerprint density at radius 2 is 1.98 bits per heavy atom. The quantitative estimate of drug-likeness (QED) is 0.0820. The number of pyridine rings is 1. The molecule has 2 unspecified atom stereocenters. The number of hydrogen-bond acceptors (Lipinski definition) is 7. The van der Waals surface area contributed by atoms with Crippen molar-refractivity contribution in [1.82, 2.24) is 4.98 Å². The van der Waals surface area contributed by atoms with Crippen LogP contribution in [0.2, 0.25) is 0 Å². The molecule has 0 spiro atoms. The van der Waals surface area contributed by atoms with Crippen LogP contribution in [0, 0.1) is 17.2 Å². The van der Waals surface area contributed by atoms with Gasteiger partial charge in [-0.2, -0.15) is 36.1 Å². The summed E-state index contributed by atoms with van der Waals surface area (Å²) < 4.78 is 52.3. The summed E-state index contributed by atoms with van der Waals surface area (Å²) in [6, 6.07) is 3.73. The number of alkyl halides is 3. The van der Waals surface area contributed by atoms with E-state index in [0.29, 0.717) is 42.9 Å². The third kappa shape index (κ3) is 9.63.